The van der Waals surface area contributed by atoms with Crippen molar-refractivity contribution < 1.29 is 18.4 Å². The molecule has 6 saturated carbocycles. The van der Waals surface area contributed by atoms with E-state index < -0.39 is 16.6 Å². The molecule has 0 aromatic heterocycles. The molecule has 1 unspecified atom stereocenters. The number of ether oxygens (including phenoxy) is 1. The molecule has 6 fully saturated rings. The van der Waals surface area contributed by atoms with Gasteiger partial charge >= 0.3 is 5.97 Å². The van der Waals surface area contributed by atoms with Crippen LogP contribution in [0.15, 0.2) is 23.3 Å². The lowest BCUT2D eigenvalue weighted by atomic mass is 9.46. The molecule has 9 atom stereocenters. The van der Waals surface area contributed by atoms with Crippen LogP contribution in [-0.4, -0.2) is 41.4 Å². The standard InChI is InChI=1S/C43H76O4Si2/c1-29(39(44)45-28-32-19-20-33-26-38(32)42(33,8)9)36-21-22-37-31(16-15-23-43(36,37)10)18-17-30-24-34(46-48(11,12)40(2,3)4)27-35(25-30)47-49(13,14)41(5,6)7/h17-18,29,32-38H,15-16,19-28H2,1-14H3/t29-,32-,33-,34-,35+,36+,37-,38?,43+/m0/s1. The zero-order valence-corrected chi connectivity index (χ0v) is 36.4. The Bertz CT molecular complexity index is 1230. The maximum atomic E-state index is 13.6. The van der Waals surface area contributed by atoms with Crippen LogP contribution in [0.1, 0.15) is 140 Å². The van der Waals surface area contributed by atoms with Gasteiger partial charge in [-0.2, -0.15) is 0 Å². The number of carbonyl (C=O) groups is 1. The summed E-state index contributed by atoms with van der Waals surface area (Å²) in [5, 5.41) is 0.377. The third-order valence-electron chi connectivity index (χ3n) is 16.0. The minimum Gasteiger partial charge on any atom is -0.465 e. The van der Waals surface area contributed by atoms with E-state index >= 15 is 0 Å². The molecule has 0 N–H and O–H groups in total. The van der Waals surface area contributed by atoms with Gasteiger partial charge in [-0.25, -0.2) is 0 Å². The molecule has 0 amide bonds. The molecule has 0 aromatic rings. The first-order valence-electron chi connectivity index (χ1n) is 20.4. The quantitative estimate of drug-likeness (QED) is 0.176. The summed E-state index contributed by atoms with van der Waals surface area (Å²) in [4.78, 5) is 13.6. The van der Waals surface area contributed by atoms with Gasteiger partial charge in [0, 0.05) is 0 Å². The van der Waals surface area contributed by atoms with Crippen LogP contribution >= 0.6 is 0 Å². The number of hydrogen-bond acceptors (Lipinski definition) is 4. The molecule has 6 aliphatic carbocycles. The molecule has 4 nitrogen and oxygen atoms in total. The number of carbonyl (C=O) groups excluding carboxylic acids is 1. The Hall–Kier alpha value is -0.696. The van der Waals surface area contributed by atoms with Crippen molar-refractivity contribution in [2.45, 2.75) is 188 Å². The second-order valence-electron chi connectivity index (χ2n) is 21.4. The SMILES string of the molecule is C[C@H](C(=O)OC[C@@H]1CC[C@H]2CC1C2(C)C)[C@H]1CC[C@H]2C(=CC=C3C[C@@H](O[Si](C)(C)C(C)(C)C)C[C@@H](O[Si](C)(C)C(C)(C)C)C3)CCC[C@]12C. The molecule has 49 heavy (non-hydrogen) atoms. The highest BCUT2D eigenvalue weighted by Crippen LogP contribution is 2.62. The minimum atomic E-state index is -1.91. The Morgan fingerprint density at radius 2 is 1.45 bits per heavy atom. The van der Waals surface area contributed by atoms with Crippen LogP contribution in [0.25, 0.3) is 0 Å². The second-order valence-corrected chi connectivity index (χ2v) is 30.9. The summed E-state index contributed by atoms with van der Waals surface area (Å²) in [5.41, 5.74) is 3.71. The van der Waals surface area contributed by atoms with Crippen LogP contribution in [0.3, 0.4) is 0 Å². The van der Waals surface area contributed by atoms with Crippen molar-refractivity contribution >= 4 is 22.6 Å². The van der Waals surface area contributed by atoms with Crippen LogP contribution in [0.5, 0.6) is 0 Å². The van der Waals surface area contributed by atoms with Crippen molar-refractivity contribution in [3.05, 3.63) is 23.3 Å². The predicted octanol–water partition coefficient (Wildman–Crippen LogP) is 12.3. The molecular formula is C43H76O4Si2. The smallest absolute Gasteiger partial charge is 0.308 e. The topological polar surface area (TPSA) is 44.8 Å². The molecule has 2 bridgehead atoms. The molecule has 6 rings (SSSR count). The fraction of sp³-hybridized carbons (Fsp3) is 0.884. The molecule has 280 valence electrons. The highest BCUT2D eigenvalue weighted by Gasteiger charge is 2.55. The van der Waals surface area contributed by atoms with Gasteiger partial charge in [0.15, 0.2) is 16.6 Å². The molecule has 0 saturated heterocycles. The summed E-state index contributed by atoms with van der Waals surface area (Å²) in [6.07, 6.45) is 18.3. The molecule has 0 aliphatic heterocycles. The largest absolute Gasteiger partial charge is 0.465 e. The Balaban J connectivity index is 1.28. The zero-order chi connectivity index (χ0) is 36.4. The Labute approximate surface area is 304 Å². The molecule has 6 heteroatoms. The first-order chi connectivity index (χ1) is 22.5. The van der Waals surface area contributed by atoms with E-state index in [0.717, 1.165) is 37.5 Å². The molecular weight excluding hydrogens is 637 g/mol. The van der Waals surface area contributed by atoms with Crippen LogP contribution in [0, 0.1) is 46.3 Å². The Morgan fingerprint density at radius 3 is 1.98 bits per heavy atom. The summed E-state index contributed by atoms with van der Waals surface area (Å²) in [6, 6.07) is 0. The third kappa shape index (κ3) is 7.98. The van der Waals surface area contributed by atoms with Gasteiger partial charge in [-0.05, 0) is 147 Å². The lowest BCUT2D eigenvalue weighted by Crippen LogP contribution is -2.53. The van der Waals surface area contributed by atoms with Crippen molar-refractivity contribution in [1.82, 2.24) is 0 Å². The van der Waals surface area contributed by atoms with Gasteiger partial charge in [0.25, 0.3) is 0 Å². The van der Waals surface area contributed by atoms with Gasteiger partial charge in [0.1, 0.15) is 0 Å². The van der Waals surface area contributed by atoms with Crippen LogP contribution in [0.2, 0.25) is 36.3 Å². The lowest BCUT2D eigenvalue weighted by Gasteiger charge is -2.60. The number of hydrogen-bond donors (Lipinski definition) is 0. The molecule has 6 aliphatic rings. The van der Waals surface area contributed by atoms with E-state index in [1.807, 2.05) is 0 Å². The Morgan fingerprint density at radius 1 is 0.857 bits per heavy atom. The normalized spacial score (nSPS) is 37.5. The third-order valence-corrected chi connectivity index (χ3v) is 25.1. The molecule has 0 aromatic carbocycles. The summed E-state index contributed by atoms with van der Waals surface area (Å²) in [5.74, 6) is 3.16. The first kappa shape index (κ1) is 39.5. The first-order valence-corrected chi connectivity index (χ1v) is 26.2. The second kappa shape index (κ2) is 13.9. The van der Waals surface area contributed by atoms with Crippen molar-refractivity contribution in [2.24, 2.45) is 46.3 Å². The minimum absolute atomic E-state index is 0.0294. The van der Waals surface area contributed by atoms with Crippen molar-refractivity contribution in [1.29, 1.82) is 0 Å². The zero-order valence-electron chi connectivity index (χ0n) is 34.4. The Kier molecular flexibility index (Phi) is 11.2. The predicted molar refractivity (Wildman–Crippen MR) is 211 cm³/mol. The number of esters is 1. The van der Waals surface area contributed by atoms with Gasteiger partial charge in [-0.3, -0.25) is 4.79 Å². The van der Waals surface area contributed by atoms with Gasteiger partial charge in [-0.15, -0.1) is 0 Å². The molecule has 0 spiro atoms. The lowest BCUT2D eigenvalue weighted by molar-refractivity contribution is -0.162. The highest BCUT2D eigenvalue weighted by molar-refractivity contribution is 6.74. The summed E-state index contributed by atoms with van der Waals surface area (Å²) >= 11 is 0. The van der Waals surface area contributed by atoms with E-state index in [1.54, 1.807) is 5.57 Å². The monoisotopic (exact) mass is 713 g/mol. The number of fused-ring (bicyclic) bond motifs is 3. The van der Waals surface area contributed by atoms with Gasteiger partial charge in [0.2, 0.25) is 0 Å². The van der Waals surface area contributed by atoms with Crippen LogP contribution in [0.4, 0.5) is 0 Å². The summed E-state index contributed by atoms with van der Waals surface area (Å²) in [6.45, 7) is 33.9. The summed E-state index contributed by atoms with van der Waals surface area (Å²) < 4.78 is 20.4. The fourth-order valence-electron chi connectivity index (χ4n) is 10.6. The van der Waals surface area contributed by atoms with E-state index in [1.165, 1.54) is 50.5 Å². The number of allylic oxidation sites excluding steroid dienone is 3. The average Bonchev–Trinajstić information content (AvgIpc) is 3.34. The van der Waals surface area contributed by atoms with E-state index in [2.05, 4.69) is 108 Å². The van der Waals surface area contributed by atoms with E-state index in [0.29, 0.717) is 29.8 Å². The highest BCUT2D eigenvalue weighted by atomic mass is 28.4. The van der Waals surface area contributed by atoms with Crippen molar-refractivity contribution in [3.63, 3.8) is 0 Å². The fourth-order valence-corrected chi connectivity index (χ4v) is 13.3. The van der Waals surface area contributed by atoms with E-state index in [9.17, 15) is 4.79 Å². The maximum absolute atomic E-state index is 13.6. The van der Waals surface area contributed by atoms with Gasteiger partial charge in [0.05, 0.1) is 24.7 Å². The van der Waals surface area contributed by atoms with Crippen LogP contribution in [-0.2, 0) is 18.4 Å². The van der Waals surface area contributed by atoms with Crippen molar-refractivity contribution in [2.75, 3.05) is 6.61 Å². The molecule has 0 radical (unpaired) electrons. The van der Waals surface area contributed by atoms with E-state index in [4.69, 9.17) is 13.6 Å². The molecule has 0 heterocycles. The maximum Gasteiger partial charge on any atom is 0.308 e. The van der Waals surface area contributed by atoms with E-state index in [-0.39, 0.29) is 39.6 Å². The van der Waals surface area contributed by atoms with Gasteiger partial charge in [-0.1, -0.05) is 92.5 Å². The van der Waals surface area contributed by atoms with Crippen molar-refractivity contribution in [3.8, 4) is 0 Å². The van der Waals surface area contributed by atoms with Crippen LogP contribution < -0.4 is 0 Å². The summed E-state index contributed by atoms with van der Waals surface area (Å²) in [7, 11) is -3.81. The number of rotatable bonds is 9. The average molecular weight is 713 g/mol. The van der Waals surface area contributed by atoms with Gasteiger partial charge < -0.3 is 13.6 Å².